The molecule has 0 aromatic carbocycles. The molecule has 0 saturated heterocycles. The highest BCUT2D eigenvalue weighted by Crippen LogP contribution is 2.19. The number of aryl methyl sites for hydroxylation is 1. The number of aromatic nitrogens is 4. The molecule has 7 nitrogen and oxygen atoms in total. The van der Waals surface area contributed by atoms with Gasteiger partial charge in [0.05, 0.1) is 6.20 Å². The number of halogens is 1. The summed E-state index contributed by atoms with van der Waals surface area (Å²) in [4.78, 5) is 12.6. The molecule has 2 rings (SSSR count). The van der Waals surface area contributed by atoms with Crippen LogP contribution in [0.1, 0.15) is 25.1 Å². The van der Waals surface area contributed by atoms with Gasteiger partial charge in [0.2, 0.25) is 11.8 Å². The van der Waals surface area contributed by atoms with Crippen molar-refractivity contribution in [1.29, 1.82) is 0 Å². The molecule has 108 valence electrons. The molecule has 0 atom stereocenters. The third kappa shape index (κ3) is 4.06. The van der Waals surface area contributed by atoms with Crippen LogP contribution in [0.15, 0.2) is 10.7 Å². The fraction of sp³-hybridized carbons (Fsp3) is 0.500. The summed E-state index contributed by atoms with van der Waals surface area (Å²) in [7, 11) is 0. The first-order valence-electron chi connectivity index (χ1n) is 6.48. The van der Waals surface area contributed by atoms with Crippen LogP contribution in [0, 0.1) is 6.92 Å². The number of hydrogen-bond acceptors (Lipinski definition) is 7. The number of nitrogens with one attached hydrogen (secondary N) is 2. The molecule has 0 fully saturated rings. The van der Waals surface area contributed by atoms with Gasteiger partial charge >= 0.3 is 0 Å². The highest BCUT2D eigenvalue weighted by molar-refractivity contribution is 6.32. The van der Waals surface area contributed by atoms with Crippen molar-refractivity contribution in [3.63, 3.8) is 0 Å². The average Bonchev–Trinajstić information content (AvgIpc) is 2.85. The maximum absolute atomic E-state index is 6.05. The van der Waals surface area contributed by atoms with E-state index in [0.29, 0.717) is 41.5 Å². The Morgan fingerprint density at radius 2 is 2.10 bits per heavy atom. The fourth-order valence-corrected chi connectivity index (χ4v) is 1.71. The lowest BCUT2D eigenvalue weighted by Gasteiger charge is -2.08. The lowest BCUT2D eigenvalue weighted by molar-refractivity contribution is 0.387. The van der Waals surface area contributed by atoms with E-state index in [2.05, 4.69) is 37.7 Å². The van der Waals surface area contributed by atoms with E-state index in [1.165, 1.54) is 0 Å². The molecule has 0 aliphatic carbocycles. The van der Waals surface area contributed by atoms with Crippen LogP contribution in [-0.2, 0) is 6.42 Å². The first-order chi connectivity index (χ1) is 9.69. The van der Waals surface area contributed by atoms with Crippen molar-refractivity contribution in [1.82, 2.24) is 20.1 Å². The Bertz CT molecular complexity index is 559. The summed E-state index contributed by atoms with van der Waals surface area (Å²) in [6.07, 6.45) is 3.22. The zero-order valence-electron chi connectivity index (χ0n) is 11.5. The molecule has 0 radical (unpaired) electrons. The number of rotatable bonds is 7. The van der Waals surface area contributed by atoms with Gasteiger partial charge in [-0.3, -0.25) is 0 Å². The monoisotopic (exact) mass is 296 g/mol. The van der Waals surface area contributed by atoms with Gasteiger partial charge < -0.3 is 15.2 Å². The van der Waals surface area contributed by atoms with Crippen LogP contribution in [0.2, 0.25) is 5.02 Å². The quantitative estimate of drug-likeness (QED) is 0.810. The average molecular weight is 297 g/mol. The summed E-state index contributed by atoms with van der Waals surface area (Å²) in [5, 5.41) is 10.6. The van der Waals surface area contributed by atoms with E-state index in [-0.39, 0.29) is 0 Å². The molecule has 0 spiro atoms. The Hall–Kier alpha value is -1.89. The van der Waals surface area contributed by atoms with Gasteiger partial charge in [0.1, 0.15) is 10.8 Å². The van der Waals surface area contributed by atoms with Crippen molar-refractivity contribution in [3.05, 3.63) is 22.9 Å². The minimum absolute atomic E-state index is 0.483. The Morgan fingerprint density at radius 1 is 1.25 bits per heavy atom. The molecular weight excluding hydrogens is 280 g/mol. The van der Waals surface area contributed by atoms with Crippen molar-refractivity contribution in [2.45, 2.75) is 26.7 Å². The molecule has 20 heavy (non-hydrogen) atoms. The van der Waals surface area contributed by atoms with E-state index < -0.39 is 0 Å². The summed E-state index contributed by atoms with van der Waals surface area (Å²) < 4.78 is 4.90. The lowest BCUT2D eigenvalue weighted by atomic mass is 10.4. The third-order valence-corrected chi connectivity index (χ3v) is 2.76. The first-order valence-corrected chi connectivity index (χ1v) is 6.86. The molecule has 2 N–H and O–H groups in total. The minimum Gasteiger partial charge on any atom is -0.368 e. The van der Waals surface area contributed by atoms with Gasteiger partial charge in [-0.1, -0.05) is 23.7 Å². The van der Waals surface area contributed by atoms with Crippen LogP contribution in [0.5, 0.6) is 0 Å². The van der Waals surface area contributed by atoms with Crippen LogP contribution < -0.4 is 10.6 Å². The molecule has 2 aromatic rings. The van der Waals surface area contributed by atoms with Gasteiger partial charge in [-0.15, -0.1) is 0 Å². The van der Waals surface area contributed by atoms with Crippen LogP contribution in [0.4, 0.5) is 11.8 Å². The molecular formula is C12H17ClN6O. The van der Waals surface area contributed by atoms with Gasteiger partial charge in [0, 0.05) is 26.4 Å². The summed E-state index contributed by atoms with van der Waals surface area (Å²) in [5.41, 5.74) is 0. The second-order valence-corrected chi connectivity index (χ2v) is 4.63. The largest absolute Gasteiger partial charge is 0.368 e. The van der Waals surface area contributed by atoms with Crippen molar-refractivity contribution in [2.24, 2.45) is 0 Å². The Morgan fingerprint density at radius 3 is 2.80 bits per heavy atom. The topological polar surface area (TPSA) is 88.8 Å². The smallest absolute Gasteiger partial charge is 0.224 e. The highest BCUT2D eigenvalue weighted by atomic mass is 35.5. The molecule has 8 heteroatoms. The van der Waals surface area contributed by atoms with Crippen molar-refractivity contribution in [3.8, 4) is 0 Å². The second-order valence-electron chi connectivity index (χ2n) is 4.22. The van der Waals surface area contributed by atoms with Crippen molar-refractivity contribution >= 4 is 23.4 Å². The molecule has 2 aromatic heterocycles. The summed E-state index contributed by atoms with van der Waals surface area (Å²) >= 11 is 6.05. The van der Waals surface area contributed by atoms with E-state index in [1.54, 1.807) is 13.1 Å². The predicted octanol–water partition coefficient (Wildman–Crippen LogP) is 2.30. The van der Waals surface area contributed by atoms with E-state index in [4.69, 9.17) is 16.1 Å². The third-order valence-electron chi connectivity index (χ3n) is 2.49. The molecule has 0 aliphatic heterocycles. The van der Waals surface area contributed by atoms with Gasteiger partial charge in [0.25, 0.3) is 0 Å². The normalized spacial score (nSPS) is 10.6. The van der Waals surface area contributed by atoms with E-state index in [0.717, 1.165) is 13.0 Å². The number of hydrogen-bond donors (Lipinski definition) is 2. The van der Waals surface area contributed by atoms with Crippen LogP contribution in [-0.4, -0.2) is 33.2 Å². The zero-order valence-corrected chi connectivity index (χ0v) is 12.2. The summed E-state index contributed by atoms with van der Waals surface area (Å²) in [5.74, 6) is 2.38. The molecule has 0 unspecified atom stereocenters. The van der Waals surface area contributed by atoms with E-state index in [1.807, 2.05) is 0 Å². The van der Waals surface area contributed by atoms with Crippen molar-refractivity contribution in [2.75, 3.05) is 23.7 Å². The Labute approximate surface area is 122 Å². The Kier molecular flexibility index (Phi) is 5.11. The van der Waals surface area contributed by atoms with Crippen LogP contribution >= 0.6 is 11.6 Å². The maximum atomic E-state index is 6.05. The SMILES string of the molecule is CCCNc1ncc(Cl)c(NCCc2noc(C)n2)n1. The first kappa shape index (κ1) is 14.5. The molecule has 0 amide bonds. The van der Waals surface area contributed by atoms with Crippen LogP contribution in [0.25, 0.3) is 0 Å². The minimum atomic E-state index is 0.483. The highest BCUT2D eigenvalue weighted by Gasteiger charge is 2.06. The molecule has 2 heterocycles. The number of anilines is 2. The molecule has 0 saturated carbocycles. The second kappa shape index (κ2) is 7.04. The van der Waals surface area contributed by atoms with Gasteiger partial charge in [-0.05, 0) is 6.42 Å². The Balaban J connectivity index is 1.90. The maximum Gasteiger partial charge on any atom is 0.224 e. The summed E-state index contributed by atoms with van der Waals surface area (Å²) in [6, 6.07) is 0. The van der Waals surface area contributed by atoms with E-state index >= 15 is 0 Å². The van der Waals surface area contributed by atoms with Gasteiger partial charge in [-0.25, -0.2) is 4.98 Å². The summed E-state index contributed by atoms with van der Waals surface area (Å²) in [6.45, 7) is 5.28. The molecule has 0 bridgehead atoms. The molecule has 0 aliphatic rings. The fourth-order valence-electron chi connectivity index (χ4n) is 1.55. The van der Waals surface area contributed by atoms with Gasteiger partial charge in [-0.2, -0.15) is 9.97 Å². The zero-order chi connectivity index (χ0) is 14.4. The standard InChI is InChI=1S/C12H17ClN6O/c1-3-5-15-12-16-7-9(13)11(18-12)14-6-4-10-17-8(2)20-19-10/h7H,3-6H2,1-2H3,(H2,14,15,16,18). The lowest BCUT2D eigenvalue weighted by Crippen LogP contribution is -2.10. The predicted molar refractivity (Wildman–Crippen MR) is 77.1 cm³/mol. The van der Waals surface area contributed by atoms with Crippen molar-refractivity contribution < 1.29 is 4.52 Å². The van der Waals surface area contributed by atoms with Crippen LogP contribution in [0.3, 0.4) is 0 Å². The van der Waals surface area contributed by atoms with E-state index in [9.17, 15) is 0 Å². The van der Waals surface area contributed by atoms with Gasteiger partial charge in [0.15, 0.2) is 5.82 Å². The number of nitrogens with zero attached hydrogens (tertiary/aromatic N) is 4.